The summed E-state index contributed by atoms with van der Waals surface area (Å²) in [5.41, 5.74) is 5.27. The highest BCUT2D eigenvalue weighted by molar-refractivity contribution is 7.96. The third-order valence-electron chi connectivity index (χ3n) is 1.17. The molecule has 0 radical (unpaired) electrons. The van der Waals surface area contributed by atoms with Crippen LogP contribution in [0.3, 0.4) is 0 Å². The number of carbonyl (C=O) groups excluding carboxylic acids is 1. The lowest BCUT2D eigenvalue weighted by atomic mass is 10.3. The van der Waals surface area contributed by atoms with E-state index in [1.165, 1.54) is 6.66 Å². The van der Waals surface area contributed by atoms with Gasteiger partial charge in [0.1, 0.15) is 0 Å². The Balaban J connectivity index is 3.72. The van der Waals surface area contributed by atoms with Crippen LogP contribution in [-0.4, -0.2) is 28.9 Å². The molecule has 2 atom stereocenters. The zero-order chi connectivity index (χ0) is 9.07. The smallest absolute Gasteiger partial charge is 0.202 e. The second-order valence-electron chi connectivity index (χ2n) is 2.51. The van der Waals surface area contributed by atoms with Crippen molar-refractivity contribution in [2.45, 2.75) is 12.5 Å². The van der Waals surface area contributed by atoms with Crippen LogP contribution in [0.4, 0.5) is 0 Å². The maximum Gasteiger partial charge on any atom is 0.202 e. The summed E-state index contributed by atoms with van der Waals surface area (Å²) in [6.45, 7) is 1.24. The molecule has 6 heteroatoms. The Morgan fingerprint density at radius 1 is 1.82 bits per heavy atom. The maximum absolute atomic E-state index is 10.7. The summed E-state index contributed by atoms with van der Waals surface area (Å²) in [5.74, 6) is 0. The highest BCUT2D eigenvalue weighted by Gasteiger charge is 2.15. The lowest BCUT2D eigenvalue weighted by Crippen LogP contribution is -2.27. The van der Waals surface area contributed by atoms with Gasteiger partial charge in [0.25, 0.3) is 0 Å². The monoisotopic (exact) mass is 197 g/mol. The zero-order valence-corrected chi connectivity index (χ0v) is 8.02. The molecule has 2 unspecified atom stereocenters. The van der Waals surface area contributed by atoms with Crippen LogP contribution in [0.1, 0.15) is 6.42 Å². The molecule has 66 valence electrons. The van der Waals surface area contributed by atoms with E-state index in [-0.39, 0.29) is 12.6 Å². The molecule has 3 N–H and O–H groups in total. The van der Waals surface area contributed by atoms with Crippen molar-refractivity contribution in [3.63, 3.8) is 0 Å². The van der Waals surface area contributed by atoms with Gasteiger partial charge in [-0.05, 0) is 6.42 Å². The van der Waals surface area contributed by atoms with Crippen molar-refractivity contribution in [2.24, 2.45) is 5.73 Å². The average molecular weight is 197 g/mol. The second kappa shape index (κ2) is 4.26. The van der Waals surface area contributed by atoms with E-state index in [1.807, 2.05) is 0 Å². The van der Waals surface area contributed by atoms with Crippen LogP contribution >= 0.6 is 20.0 Å². The molecule has 0 aromatic rings. The quantitative estimate of drug-likeness (QED) is 0.439. The van der Waals surface area contributed by atoms with Gasteiger partial charge in [-0.3, -0.25) is 9.36 Å². The minimum absolute atomic E-state index is 0.0699. The van der Waals surface area contributed by atoms with Crippen LogP contribution in [0.25, 0.3) is 0 Å². The fourth-order valence-corrected chi connectivity index (χ4v) is 1.39. The molecule has 0 heterocycles. The number of hydrogen-bond donors (Lipinski definition) is 3. The first-order chi connectivity index (χ1) is 4.83. The SMILES string of the molecule is CP(=O)(O)CCC(N)C(=O)S. The van der Waals surface area contributed by atoms with Gasteiger partial charge in [-0.1, -0.05) is 0 Å². The van der Waals surface area contributed by atoms with E-state index < -0.39 is 18.5 Å². The Morgan fingerprint density at radius 3 is 2.55 bits per heavy atom. The number of rotatable bonds is 4. The normalized spacial score (nSPS) is 18.9. The predicted molar refractivity (Wildman–Crippen MR) is 47.2 cm³/mol. The second-order valence-corrected chi connectivity index (χ2v) is 5.50. The summed E-state index contributed by atoms with van der Waals surface area (Å²) in [4.78, 5) is 19.2. The van der Waals surface area contributed by atoms with E-state index in [0.717, 1.165) is 0 Å². The van der Waals surface area contributed by atoms with Gasteiger partial charge in [0.15, 0.2) is 7.37 Å². The molecule has 0 aliphatic heterocycles. The van der Waals surface area contributed by atoms with Crippen LogP contribution < -0.4 is 5.73 Å². The van der Waals surface area contributed by atoms with Crippen molar-refractivity contribution in [3.05, 3.63) is 0 Å². The molecule has 0 aliphatic rings. The summed E-state index contributed by atoms with van der Waals surface area (Å²) >= 11 is 3.49. The predicted octanol–water partition coefficient (Wildman–Crippen LogP) is 0.0604. The van der Waals surface area contributed by atoms with Crippen molar-refractivity contribution >= 4 is 25.1 Å². The Labute approximate surface area is 71.0 Å². The van der Waals surface area contributed by atoms with Crippen molar-refractivity contribution in [1.82, 2.24) is 0 Å². The van der Waals surface area contributed by atoms with Gasteiger partial charge in [-0.25, -0.2) is 0 Å². The molecule has 0 amide bonds. The van der Waals surface area contributed by atoms with E-state index in [9.17, 15) is 9.36 Å². The highest BCUT2D eigenvalue weighted by Crippen LogP contribution is 2.35. The summed E-state index contributed by atoms with van der Waals surface area (Å²) in [6, 6.07) is -0.723. The van der Waals surface area contributed by atoms with E-state index in [0.29, 0.717) is 0 Å². The molecule has 11 heavy (non-hydrogen) atoms. The molecule has 0 fully saturated rings. The number of hydrogen-bond acceptors (Lipinski definition) is 3. The average Bonchev–Trinajstić information content (AvgIpc) is 1.80. The van der Waals surface area contributed by atoms with E-state index in [1.54, 1.807) is 0 Å². The molecule has 0 spiro atoms. The van der Waals surface area contributed by atoms with Gasteiger partial charge in [0.05, 0.1) is 6.04 Å². The maximum atomic E-state index is 10.7. The van der Waals surface area contributed by atoms with Gasteiger partial charge in [0, 0.05) is 12.8 Å². The van der Waals surface area contributed by atoms with Gasteiger partial charge < -0.3 is 10.6 Å². The third kappa shape index (κ3) is 6.56. The third-order valence-corrected chi connectivity index (χ3v) is 2.59. The van der Waals surface area contributed by atoms with E-state index >= 15 is 0 Å². The molecule has 0 aromatic heterocycles. The molecule has 0 saturated heterocycles. The van der Waals surface area contributed by atoms with Crippen LogP contribution in [0, 0.1) is 0 Å². The van der Waals surface area contributed by atoms with Gasteiger partial charge in [-0.15, -0.1) is 12.6 Å². The minimum Gasteiger partial charge on any atom is -0.344 e. The molecular formula is C5H12NO3PS. The van der Waals surface area contributed by atoms with Crippen molar-refractivity contribution in [1.29, 1.82) is 0 Å². The van der Waals surface area contributed by atoms with E-state index in [4.69, 9.17) is 10.6 Å². The molecule has 4 nitrogen and oxygen atoms in total. The van der Waals surface area contributed by atoms with Crippen LogP contribution in [0.2, 0.25) is 0 Å². The lowest BCUT2D eigenvalue weighted by Gasteiger charge is -2.08. The first-order valence-corrected chi connectivity index (χ1v) is 5.84. The fourth-order valence-electron chi connectivity index (χ4n) is 0.502. The first kappa shape index (κ1) is 11.2. The molecule has 0 bridgehead atoms. The topological polar surface area (TPSA) is 80.4 Å². The fraction of sp³-hybridized carbons (Fsp3) is 0.800. The van der Waals surface area contributed by atoms with Crippen molar-refractivity contribution < 1.29 is 14.3 Å². The largest absolute Gasteiger partial charge is 0.344 e. The van der Waals surface area contributed by atoms with Crippen LogP contribution in [-0.2, 0) is 9.36 Å². The molecule has 0 aliphatic carbocycles. The van der Waals surface area contributed by atoms with Crippen LogP contribution in [0.5, 0.6) is 0 Å². The van der Waals surface area contributed by atoms with Crippen molar-refractivity contribution in [2.75, 3.05) is 12.8 Å². The Kier molecular flexibility index (Phi) is 4.32. The lowest BCUT2D eigenvalue weighted by molar-refractivity contribution is -0.111. The Morgan fingerprint density at radius 2 is 2.27 bits per heavy atom. The summed E-state index contributed by atoms with van der Waals surface area (Å²) in [6.07, 6.45) is 0.285. The van der Waals surface area contributed by atoms with Gasteiger partial charge in [-0.2, -0.15) is 0 Å². The number of thiol groups is 1. The number of carbonyl (C=O) groups is 1. The standard InChI is InChI=1S/C5H12NO3PS/c1-10(8,9)3-2-4(6)5(7)11/h4H,2-3,6H2,1H3,(H,7,11)(H,8,9). The summed E-state index contributed by atoms with van der Waals surface area (Å²) in [7, 11) is -3.03. The minimum atomic E-state index is -3.03. The Bertz CT molecular complexity index is 190. The molecular weight excluding hydrogens is 185 g/mol. The zero-order valence-electron chi connectivity index (χ0n) is 6.23. The highest BCUT2D eigenvalue weighted by atomic mass is 32.1. The Hall–Kier alpha value is 0.170. The molecule has 0 aromatic carbocycles. The molecule has 0 rings (SSSR count). The van der Waals surface area contributed by atoms with Crippen LogP contribution in [0.15, 0.2) is 0 Å². The first-order valence-electron chi connectivity index (χ1n) is 3.10. The summed E-state index contributed by atoms with van der Waals surface area (Å²) < 4.78 is 10.7. The van der Waals surface area contributed by atoms with Gasteiger partial charge in [0.2, 0.25) is 5.12 Å². The van der Waals surface area contributed by atoms with E-state index in [2.05, 4.69) is 12.6 Å². The number of nitrogens with two attached hydrogens (primary N) is 1. The summed E-state index contributed by atoms with van der Waals surface area (Å²) in [5, 5.41) is -0.446. The van der Waals surface area contributed by atoms with Gasteiger partial charge >= 0.3 is 0 Å². The molecule has 0 saturated carbocycles. The van der Waals surface area contributed by atoms with Crippen molar-refractivity contribution in [3.8, 4) is 0 Å².